The summed E-state index contributed by atoms with van der Waals surface area (Å²) >= 11 is 1.38. The summed E-state index contributed by atoms with van der Waals surface area (Å²) in [6.07, 6.45) is 5.58. The molecule has 2 aliphatic rings. The predicted molar refractivity (Wildman–Crippen MR) is 127 cm³/mol. The van der Waals surface area contributed by atoms with Gasteiger partial charge in [-0.25, -0.2) is 0 Å². The highest BCUT2D eigenvalue weighted by molar-refractivity contribution is 8.26. The molecule has 0 aliphatic carbocycles. The van der Waals surface area contributed by atoms with E-state index in [1.807, 2.05) is 42.6 Å². The maximum atomic E-state index is 12.8. The van der Waals surface area contributed by atoms with E-state index in [1.165, 1.54) is 22.3 Å². The summed E-state index contributed by atoms with van der Waals surface area (Å²) in [7, 11) is 0. The fourth-order valence-corrected chi connectivity index (χ4v) is 4.79. The Morgan fingerprint density at radius 3 is 2.68 bits per heavy atom. The molecule has 0 saturated carbocycles. The van der Waals surface area contributed by atoms with Gasteiger partial charge in [-0.2, -0.15) is 15.1 Å². The first-order valence-electron chi connectivity index (χ1n) is 10.2. The van der Waals surface area contributed by atoms with E-state index in [0.717, 1.165) is 40.9 Å². The number of rotatable bonds is 5. The number of hydrazone groups is 1. The Labute approximate surface area is 184 Å². The minimum absolute atomic E-state index is 0.0773. The molecular formula is C24H21N5OS. The van der Waals surface area contributed by atoms with E-state index in [2.05, 4.69) is 39.8 Å². The number of hydrogen-bond donors (Lipinski definition) is 1. The molecular weight excluding hydrogens is 406 g/mol. The second-order valence-electron chi connectivity index (χ2n) is 7.48. The SMILES string of the molecule is CCCC1=NN2C(=N)/C(=C\c3cn(Cc4ccccc4)c4ccccc34)C(=O)N=C2S1. The second-order valence-corrected chi connectivity index (χ2v) is 8.52. The van der Waals surface area contributed by atoms with Crippen molar-refractivity contribution in [2.24, 2.45) is 10.1 Å². The Morgan fingerprint density at radius 2 is 1.87 bits per heavy atom. The van der Waals surface area contributed by atoms with E-state index in [9.17, 15) is 4.79 Å². The molecule has 3 aromatic rings. The van der Waals surface area contributed by atoms with E-state index < -0.39 is 5.91 Å². The van der Waals surface area contributed by atoms with Gasteiger partial charge < -0.3 is 4.57 Å². The lowest BCUT2D eigenvalue weighted by molar-refractivity contribution is -0.114. The Morgan fingerprint density at radius 1 is 1.10 bits per heavy atom. The molecule has 5 rings (SSSR count). The lowest BCUT2D eigenvalue weighted by atomic mass is 10.1. The number of benzene rings is 2. The number of fused-ring (bicyclic) bond motifs is 2. The Kier molecular flexibility index (Phi) is 5.03. The monoisotopic (exact) mass is 427 g/mol. The van der Waals surface area contributed by atoms with Crippen LogP contribution in [-0.4, -0.2) is 31.5 Å². The number of carbonyl (C=O) groups excluding carboxylic acids is 1. The molecule has 6 nitrogen and oxygen atoms in total. The van der Waals surface area contributed by atoms with Crippen molar-refractivity contribution in [3.8, 4) is 0 Å². The minimum Gasteiger partial charge on any atom is -0.342 e. The normalized spacial score (nSPS) is 17.3. The first kappa shape index (κ1) is 19.5. The number of para-hydroxylation sites is 1. The second kappa shape index (κ2) is 8.00. The van der Waals surface area contributed by atoms with Crippen LogP contribution in [0.5, 0.6) is 0 Å². The molecule has 0 fully saturated rings. The molecule has 0 unspecified atom stereocenters. The van der Waals surface area contributed by atoms with Gasteiger partial charge in [-0.1, -0.05) is 55.5 Å². The van der Waals surface area contributed by atoms with Crippen LogP contribution in [0.1, 0.15) is 30.9 Å². The van der Waals surface area contributed by atoms with Crippen LogP contribution in [0.4, 0.5) is 0 Å². The summed E-state index contributed by atoms with van der Waals surface area (Å²) in [5.74, 6) is -0.315. The van der Waals surface area contributed by atoms with Crippen molar-refractivity contribution in [2.45, 2.75) is 26.3 Å². The molecule has 0 saturated heterocycles. The Hall–Kier alpha value is -3.45. The summed E-state index contributed by atoms with van der Waals surface area (Å²) in [4.78, 5) is 17.0. The maximum absolute atomic E-state index is 12.8. The van der Waals surface area contributed by atoms with Crippen molar-refractivity contribution in [3.05, 3.63) is 77.5 Å². The van der Waals surface area contributed by atoms with Crippen LogP contribution in [0, 0.1) is 5.41 Å². The van der Waals surface area contributed by atoms with Crippen molar-refractivity contribution < 1.29 is 4.79 Å². The van der Waals surface area contributed by atoms with Crippen LogP contribution in [0.15, 0.2) is 76.5 Å². The first-order valence-corrected chi connectivity index (χ1v) is 11.1. The van der Waals surface area contributed by atoms with Crippen LogP contribution in [0.2, 0.25) is 0 Å². The Bertz CT molecular complexity index is 1290. The highest BCUT2D eigenvalue weighted by atomic mass is 32.2. The topological polar surface area (TPSA) is 73.8 Å². The van der Waals surface area contributed by atoms with Crippen LogP contribution >= 0.6 is 11.8 Å². The number of aliphatic imine (C=N–C) groups is 1. The zero-order valence-electron chi connectivity index (χ0n) is 17.1. The van der Waals surface area contributed by atoms with Crippen LogP contribution in [0.3, 0.4) is 0 Å². The number of carbonyl (C=O) groups is 1. The van der Waals surface area contributed by atoms with Gasteiger partial charge in [0.1, 0.15) is 5.04 Å². The molecule has 2 aliphatic heterocycles. The number of thioether (sulfide) groups is 1. The van der Waals surface area contributed by atoms with Gasteiger partial charge in [0.2, 0.25) is 5.17 Å². The number of aromatic nitrogens is 1. The average Bonchev–Trinajstić information content (AvgIpc) is 3.34. The molecule has 1 aromatic heterocycles. The molecule has 154 valence electrons. The Balaban J connectivity index is 1.54. The first-order chi connectivity index (χ1) is 15.1. The van der Waals surface area contributed by atoms with Crippen molar-refractivity contribution in [2.75, 3.05) is 0 Å². The van der Waals surface area contributed by atoms with E-state index >= 15 is 0 Å². The average molecular weight is 428 g/mol. The minimum atomic E-state index is -0.392. The smallest absolute Gasteiger partial charge is 0.283 e. The molecule has 3 heterocycles. The van der Waals surface area contributed by atoms with E-state index in [1.54, 1.807) is 6.08 Å². The van der Waals surface area contributed by atoms with Crippen LogP contribution < -0.4 is 0 Å². The summed E-state index contributed by atoms with van der Waals surface area (Å²) in [6, 6.07) is 18.4. The quantitative estimate of drug-likeness (QED) is 0.575. The molecule has 0 spiro atoms. The van der Waals surface area contributed by atoms with Crippen LogP contribution in [-0.2, 0) is 11.3 Å². The van der Waals surface area contributed by atoms with E-state index in [-0.39, 0.29) is 11.4 Å². The molecule has 2 aromatic carbocycles. The zero-order valence-corrected chi connectivity index (χ0v) is 17.9. The van der Waals surface area contributed by atoms with Gasteiger partial charge in [-0.05, 0) is 42.3 Å². The van der Waals surface area contributed by atoms with Gasteiger partial charge in [-0.15, -0.1) is 0 Å². The molecule has 1 N–H and O–H groups in total. The largest absolute Gasteiger partial charge is 0.342 e. The molecule has 7 heteroatoms. The molecule has 31 heavy (non-hydrogen) atoms. The summed E-state index contributed by atoms with van der Waals surface area (Å²) in [6.45, 7) is 2.81. The van der Waals surface area contributed by atoms with Gasteiger partial charge in [0.05, 0.1) is 5.57 Å². The highest BCUT2D eigenvalue weighted by Crippen LogP contribution is 2.31. The van der Waals surface area contributed by atoms with Crippen molar-refractivity contribution in [3.63, 3.8) is 0 Å². The maximum Gasteiger partial charge on any atom is 0.283 e. The van der Waals surface area contributed by atoms with E-state index in [0.29, 0.717) is 5.17 Å². The van der Waals surface area contributed by atoms with Crippen LogP contribution in [0.25, 0.3) is 17.0 Å². The fourth-order valence-electron chi connectivity index (χ4n) is 3.80. The van der Waals surface area contributed by atoms with Gasteiger partial charge >= 0.3 is 0 Å². The van der Waals surface area contributed by atoms with Crippen molar-refractivity contribution >= 4 is 50.7 Å². The third-order valence-corrected chi connectivity index (χ3v) is 6.24. The zero-order chi connectivity index (χ0) is 21.4. The standard InChI is InChI=1S/C24H21N5OS/c1-2-8-21-27-29-22(25)19(23(30)26-24(29)31-21)13-17-15-28(14-16-9-4-3-5-10-16)20-12-7-6-11-18(17)20/h3-7,9-13,15,25H,2,8,14H2,1H3/b19-13+,25-22?. The fraction of sp³-hybridized carbons (Fsp3) is 0.167. The number of amidine groups is 2. The third-order valence-electron chi connectivity index (χ3n) is 5.28. The molecule has 0 radical (unpaired) electrons. The summed E-state index contributed by atoms with van der Waals surface area (Å²) < 4.78 is 2.17. The van der Waals surface area contributed by atoms with E-state index in [4.69, 9.17) is 5.41 Å². The summed E-state index contributed by atoms with van der Waals surface area (Å²) in [5, 5.41) is 17.0. The summed E-state index contributed by atoms with van der Waals surface area (Å²) in [5.41, 5.74) is 3.43. The van der Waals surface area contributed by atoms with Gasteiger partial charge in [0, 0.05) is 29.2 Å². The number of nitrogens with zero attached hydrogens (tertiary/aromatic N) is 4. The van der Waals surface area contributed by atoms with Gasteiger partial charge in [-0.3, -0.25) is 10.2 Å². The lowest BCUT2D eigenvalue weighted by Gasteiger charge is -2.20. The lowest BCUT2D eigenvalue weighted by Crippen LogP contribution is -2.35. The number of hydrogen-bond acceptors (Lipinski definition) is 4. The third kappa shape index (κ3) is 3.61. The number of nitrogens with one attached hydrogen (secondary N) is 1. The van der Waals surface area contributed by atoms with Gasteiger partial charge in [0.15, 0.2) is 5.84 Å². The molecule has 1 amide bonds. The molecule has 0 atom stereocenters. The van der Waals surface area contributed by atoms with Crippen molar-refractivity contribution in [1.29, 1.82) is 5.41 Å². The molecule has 0 bridgehead atoms. The van der Waals surface area contributed by atoms with Gasteiger partial charge in [0.25, 0.3) is 5.91 Å². The predicted octanol–water partition coefficient (Wildman–Crippen LogP) is 5.11. The highest BCUT2D eigenvalue weighted by Gasteiger charge is 2.35. The number of amides is 1. The van der Waals surface area contributed by atoms with Crippen molar-refractivity contribution in [1.82, 2.24) is 9.58 Å².